The van der Waals surface area contributed by atoms with Gasteiger partial charge in [0, 0.05) is 36.4 Å². The number of rotatable bonds is 9. The van der Waals surface area contributed by atoms with E-state index in [0.29, 0.717) is 13.0 Å². The second-order valence-electron chi connectivity index (χ2n) is 5.55. The Morgan fingerprint density at radius 1 is 1.30 bits per heavy atom. The summed E-state index contributed by atoms with van der Waals surface area (Å²) in [5, 5.41) is 15.1. The van der Waals surface area contributed by atoms with Gasteiger partial charge in [-0.2, -0.15) is 0 Å². The third kappa shape index (κ3) is 5.44. The summed E-state index contributed by atoms with van der Waals surface area (Å²) in [6, 6.07) is 10.1. The van der Waals surface area contributed by atoms with Gasteiger partial charge in [-0.15, -0.1) is 11.3 Å². The highest BCUT2D eigenvalue weighted by atomic mass is 32.1. The predicted molar refractivity (Wildman–Crippen MR) is 94.4 cm³/mol. The first kappa shape index (κ1) is 17.6. The van der Waals surface area contributed by atoms with Crippen LogP contribution >= 0.6 is 11.3 Å². The molecule has 0 aliphatic rings. The average Bonchev–Trinajstić information content (AvgIpc) is 3.04. The van der Waals surface area contributed by atoms with E-state index in [1.165, 1.54) is 0 Å². The fourth-order valence-electron chi connectivity index (χ4n) is 2.50. The monoisotopic (exact) mass is 332 g/mol. The molecule has 1 aromatic carbocycles. The van der Waals surface area contributed by atoms with Gasteiger partial charge >= 0.3 is 0 Å². The number of aromatic nitrogens is 1. The number of hydrogen-bond donors (Lipinski definition) is 2. The molecule has 0 bridgehead atoms. The molecule has 0 aliphatic carbocycles. The number of nitrogens with zero attached hydrogens (tertiary/aromatic N) is 1. The Morgan fingerprint density at radius 2 is 2.09 bits per heavy atom. The molecule has 4 nitrogen and oxygen atoms in total. The van der Waals surface area contributed by atoms with Crippen molar-refractivity contribution in [2.45, 2.75) is 32.6 Å². The summed E-state index contributed by atoms with van der Waals surface area (Å²) in [4.78, 5) is 16.7. The van der Waals surface area contributed by atoms with Crippen LogP contribution in [0, 0.1) is 5.92 Å². The fourth-order valence-corrected chi connectivity index (χ4v) is 3.36. The number of carbonyl (C=O) groups is 1. The SMILES string of the molecule is CCCC(CCO)C(=O)NCCc1csc(-c2ccccc2)n1. The zero-order valence-corrected chi connectivity index (χ0v) is 14.3. The molecule has 5 heteroatoms. The lowest BCUT2D eigenvalue weighted by molar-refractivity contribution is -0.125. The zero-order chi connectivity index (χ0) is 16.5. The lowest BCUT2D eigenvalue weighted by Crippen LogP contribution is -2.32. The van der Waals surface area contributed by atoms with Gasteiger partial charge in [-0.05, 0) is 12.8 Å². The maximum atomic E-state index is 12.1. The van der Waals surface area contributed by atoms with Gasteiger partial charge in [0.25, 0.3) is 0 Å². The van der Waals surface area contributed by atoms with Gasteiger partial charge in [-0.3, -0.25) is 4.79 Å². The quantitative estimate of drug-likeness (QED) is 0.741. The smallest absolute Gasteiger partial charge is 0.223 e. The molecule has 124 valence electrons. The van der Waals surface area contributed by atoms with Crippen molar-refractivity contribution in [2.75, 3.05) is 13.2 Å². The molecule has 0 aliphatic heterocycles. The van der Waals surface area contributed by atoms with Gasteiger partial charge in [0.15, 0.2) is 0 Å². The van der Waals surface area contributed by atoms with Crippen molar-refractivity contribution in [1.29, 1.82) is 0 Å². The number of aliphatic hydroxyl groups excluding tert-OH is 1. The standard InChI is InChI=1S/C18H24N2O2S/c1-2-6-14(10-12-21)17(22)19-11-9-16-13-23-18(20-16)15-7-4-3-5-8-15/h3-5,7-8,13-14,21H,2,6,9-12H2,1H3,(H,19,22). The molecule has 2 N–H and O–H groups in total. The molecule has 1 heterocycles. The molecule has 2 rings (SSSR count). The molecule has 1 unspecified atom stereocenters. The summed E-state index contributed by atoms with van der Waals surface area (Å²) >= 11 is 1.63. The Bertz CT molecular complexity index is 592. The van der Waals surface area contributed by atoms with E-state index in [1.807, 2.05) is 23.6 Å². The van der Waals surface area contributed by atoms with Crippen LogP contribution in [0.4, 0.5) is 0 Å². The average molecular weight is 332 g/mol. The predicted octanol–water partition coefficient (Wildman–Crippen LogP) is 3.27. The van der Waals surface area contributed by atoms with E-state index in [0.717, 1.165) is 35.5 Å². The Kier molecular flexibility index (Phi) is 7.23. The summed E-state index contributed by atoms with van der Waals surface area (Å²) in [5.74, 6) is -0.0419. The Balaban J connectivity index is 1.82. The second kappa shape index (κ2) is 9.43. The molecule has 2 aromatic rings. The van der Waals surface area contributed by atoms with E-state index in [-0.39, 0.29) is 18.4 Å². The maximum Gasteiger partial charge on any atom is 0.223 e. The van der Waals surface area contributed by atoms with Crippen molar-refractivity contribution in [3.8, 4) is 10.6 Å². The second-order valence-corrected chi connectivity index (χ2v) is 6.41. The van der Waals surface area contributed by atoms with E-state index in [2.05, 4.69) is 29.4 Å². The van der Waals surface area contributed by atoms with Crippen molar-refractivity contribution in [2.24, 2.45) is 5.92 Å². The number of benzene rings is 1. The number of amides is 1. The summed E-state index contributed by atoms with van der Waals surface area (Å²) in [5.41, 5.74) is 2.13. The molecule has 1 amide bonds. The van der Waals surface area contributed by atoms with Crippen LogP contribution in [0.1, 0.15) is 31.9 Å². The van der Waals surface area contributed by atoms with Crippen LogP contribution in [0.2, 0.25) is 0 Å². The Morgan fingerprint density at radius 3 is 2.78 bits per heavy atom. The van der Waals surface area contributed by atoms with Crippen LogP contribution in [-0.4, -0.2) is 29.1 Å². The topological polar surface area (TPSA) is 62.2 Å². The highest BCUT2D eigenvalue weighted by molar-refractivity contribution is 7.13. The molecule has 0 saturated heterocycles. The van der Waals surface area contributed by atoms with Gasteiger partial charge in [0.05, 0.1) is 5.69 Å². The van der Waals surface area contributed by atoms with Crippen LogP contribution in [-0.2, 0) is 11.2 Å². The highest BCUT2D eigenvalue weighted by Crippen LogP contribution is 2.23. The molecular formula is C18H24N2O2S. The van der Waals surface area contributed by atoms with Crippen LogP contribution < -0.4 is 5.32 Å². The minimum Gasteiger partial charge on any atom is -0.396 e. The third-order valence-electron chi connectivity index (χ3n) is 3.74. The number of carbonyl (C=O) groups excluding carboxylic acids is 1. The molecule has 0 radical (unpaired) electrons. The van der Waals surface area contributed by atoms with Crippen molar-refractivity contribution < 1.29 is 9.90 Å². The third-order valence-corrected chi connectivity index (χ3v) is 4.68. The van der Waals surface area contributed by atoms with Gasteiger partial charge in [0.2, 0.25) is 5.91 Å². The molecule has 0 spiro atoms. The van der Waals surface area contributed by atoms with Gasteiger partial charge in [-0.25, -0.2) is 4.98 Å². The number of hydrogen-bond acceptors (Lipinski definition) is 4. The Labute approximate surface area is 141 Å². The van der Waals surface area contributed by atoms with Crippen LogP contribution in [0.5, 0.6) is 0 Å². The van der Waals surface area contributed by atoms with E-state index < -0.39 is 0 Å². The van der Waals surface area contributed by atoms with Gasteiger partial charge < -0.3 is 10.4 Å². The largest absolute Gasteiger partial charge is 0.396 e. The molecule has 0 fully saturated rings. The van der Waals surface area contributed by atoms with Crippen molar-refractivity contribution in [1.82, 2.24) is 10.3 Å². The first-order valence-electron chi connectivity index (χ1n) is 8.13. The van der Waals surface area contributed by atoms with Crippen molar-refractivity contribution >= 4 is 17.2 Å². The van der Waals surface area contributed by atoms with Gasteiger partial charge in [-0.1, -0.05) is 43.7 Å². The Hall–Kier alpha value is -1.72. The first-order valence-corrected chi connectivity index (χ1v) is 9.01. The van der Waals surface area contributed by atoms with Crippen LogP contribution in [0.25, 0.3) is 10.6 Å². The lowest BCUT2D eigenvalue weighted by Gasteiger charge is -2.14. The lowest BCUT2D eigenvalue weighted by atomic mass is 9.99. The minimum atomic E-state index is -0.0830. The van der Waals surface area contributed by atoms with E-state index >= 15 is 0 Å². The number of nitrogens with one attached hydrogen (secondary N) is 1. The summed E-state index contributed by atoms with van der Waals surface area (Å²) < 4.78 is 0. The first-order chi connectivity index (χ1) is 11.2. The number of thiazole rings is 1. The highest BCUT2D eigenvalue weighted by Gasteiger charge is 2.16. The fraction of sp³-hybridized carbons (Fsp3) is 0.444. The van der Waals surface area contributed by atoms with Crippen molar-refractivity contribution in [3.05, 3.63) is 41.4 Å². The number of aliphatic hydroxyl groups is 1. The molecule has 23 heavy (non-hydrogen) atoms. The normalized spacial score (nSPS) is 12.1. The summed E-state index contributed by atoms with van der Waals surface area (Å²) in [6.45, 7) is 2.70. The van der Waals surface area contributed by atoms with Crippen LogP contribution in [0.15, 0.2) is 35.7 Å². The summed E-state index contributed by atoms with van der Waals surface area (Å²) in [6.07, 6.45) is 3.04. The summed E-state index contributed by atoms with van der Waals surface area (Å²) in [7, 11) is 0. The van der Waals surface area contributed by atoms with Gasteiger partial charge in [0.1, 0.15) is 5.01 Å². The van der Waals surface area contributed by atoms with E-state index in [9.17, 15) is 4.79 Å². The van der Waals surface area contributed by atoms with Crippen molar-refractivity contribution in [3.63, 3.8) is 0 Å². The molecule has 1 aromatic heterocycles. The van der Waals surface area contributed by atoms with E-state index in [1.54, 1.807) is 11.3 Å². The molecule has 1 atom stereocenters. The zero-order valence-electron chi connectivity index (χ0n) is 13.5. The van der Waals surface area contributed by atoms with E-state index in [4.69, 9.17) is 5.11 Å². The molecule has 0 saturated carbocycles. The molecular weight excluding hydrogens is 308 g/mol. The maximum absolute atomic E-state index is 12.1. The van der Waals surface area contributed by atoms with Crippen LogP contribution in [0.3, 0.4) is 0 Å². The minimum absolute atomic E-state index is 0.0411.